The molecule has 4 rings (SSSR count). The number of nitrogens with one attached hydrogen (secondary N) is 1. The van der Waals surface area contributed by atoms with Crippen molar-refractivity contribution in [3.05, 3.63) is 52.8 Å². The van der Waals surface area contributed by atoms with E-state index in [1.807, 2.05) is 42.2 Å². The number of aliphatic imine (C=N–C) groups is 2. The SMILES string of the molecule is Cc1oc2c(c1C(=O)NC(C)c1ccccc1)C1=NCCN1C=N2. The quantitative estimate of drug-likeness (QED) is 0.944. The first-order chi connectivity index (χ1) is 11.6. The molecular weight excluding hydrogens is 304 g/mol. The van der Waals surface area contributed by atoms with E-state index in [0.29, 0.717) is 29.3 Å². The minimum absolute atomic E-state index is 0.0997. The molecule has 0 aliphatic carbocycles. The van der Waals surface area contributed by atoms with E-state index in [-0.39, 0.29) is 11.9 Å². The van der Waals surface area contributed by atoms with Crippen LogP contribution in [0.1, 0.15) is 40.2 Å². The Hall–Kier alpha value is -2.89. The van der Waals surface area contributed by atoms with E-state index in [0.717, 1.165) is 17.9 Å². The van der Waals surface area contributed by atoms with E-state index < -0.39 is 0 Å². The van der Waals surface area contributed by atoms with E-state index in [2.05, 4.69) is 15.3 Å². The molecule has 2 aliphatic rings. The van der Waals surface area contributed by atoms with Crippen molar-refractivity contribution in [3.8, 4) is 0 Å². The van der Waals surface area contributed by atoms with Crippen LogP contribution in [0, 0.1) is 6.92 Å². The van der Waals surface area contributed by atoms with Crippen molar-refractivity contribution < 1.29 is 9.21 Å². The lowest BCUT2D eigenvalue weighted by atomic mass is 10.1. The van der Waals surface area contributed by atoms with Crippen LogP contribution >= 0.6 is 0 Å². The summed E-state index contributed by atoms with van der Waals surface area (Å²) in [5.41, 5.74) is 2.28. The number of aryl methyl sites for hydroxylation is 1. The maximum atomic E-state index is 12.9. The lowest BCUT2D eigenvalue weighted by Crippen LogP contribution is -2.33. The number of rotatable bonds is 3. The van der Waals surface area contributed by atoms with Gasteiger partial charge in [-0.2, -0.15) is 0 Å². The monoisotopic (exact) mass is 322 g/mol. The largest absolute Gasteiger partial charge is 0.442 e. The maximum Gasteiger partial charge on any atom is 0.256 e. The fourth-order valence-corrected chi connectivity index (χ4v) is 3.11. The molecule has 0 saturated carbocycles. The first kappa shape index (κ1) is 14.7. The fourth-order valence-electron chi connectivity index (χ4n) is 3.11. The van der Waals surface area contributed by atoms with Crippen molar-refractivity contribution in [2.45, 2.75) is 19.9 Å². The Balaban J connectivity index is 1.67. The molecule has 1 unspecified atom stereocenters. The second-order valence-electron chi connectivity index (χ2n) is 5.96. The number of hydrogen-bond donors (Lipinski definition) is 1. The summed E-state index contributed by atoms with van der Waals surface area (Å²) in [4.78, 5) is 23.6. The van der Waals surface area contributed by atoms with Gasteiger partial charge in [0.25, 0.3) is 5.91 Å². The van der Waals surface area contributed by atoms with Crippen LogP contribution in [0.4, 0.5) is 5.88 Å². The molecule has 6 nitrogen and oxygen atoms in total. The predicted molar refractivity (Wildman–Crippen MR) is 92.0 cm³/mol. The topological polar surface area (TPSA) is 70.2 Å². The number of nitrogens with zero attached hydrogens (tertiary/aromatic N) is 3. The average Bonchev–Trinajstić information content (AvgIpc) is 3.18. The van der Waals surface area contributed by atoms with E-state index in [9.17, 15) is 4.79 Å². The zero-order valence-corrected chi connectivity index (χ0v) is 13.6. The van der Waals surface area contributed by atoms with Gasteiger partial charge in [0.2, 0.25) is 5.88 Å². The highest BCUT2D eigenvalue weighted by Gasteiger charge is 2.33. The molecule has 1 atom stereocenters. The minimum Gasteiger partial charge on any atom is -0.442 e. The molecule has 1 amide bonds. The predicted octanol–water partition coefficient (Wildman–Crippen LogP) is 2.81. The van der Waals surface area contributed by atoms with Gasteiger partial charge >= 0.3 is 0 Å². The summed E-state index contributed by atoms with van der Waals surface area (Å²) in [5.74, 6) is 1.63. The normalized spacial score (nSPS) is 16.4. The van der Waals surface area contributed by atoms with Crippen LogP contribution in [0.15, 0.2) is 44.7 Å². The number of hydrogen-bond acceptors (Lipinski definition) is 5. The van der Waals surface area contributed by atoms with Crippen LogP contribution in [0.25, 0.3) is 0 Å². The van der Waals surface area contributed by atoms with E-state index in [1.54, 1.807) is 13.3 Å². The average molecular weight is 322 g/mol. The molecule has 1 aromatic heterocycles. The number of fused-ring (bicyclic) bond motifs is 3. The van der Waals surface area contributed by atoms with E-state index in [4.69, 9.17) is 4.42 Å². The summed E-state index contributed by atoms with van der Waals surface area (Å²) >= 11 is 0. The van der Waals surface area contributed by atoms with Gasteiger partial charge in [-0.15, -0.1) is 0 Å². The van der Waals surface area contributed by atoms with Crippen molar-refractivity contribution in [1.82, 2.24) is 10.2 Å². The molecule has 122 valence electrons. The van der Waals surface area contributed by atoms with Gasteiger partial charge in [-0.05, 0) is 19.4 Å². The molecular formula is C18H18N4O2. The van der Waals surface area contributed by atoms with Crippen LogP contribution in [0.5, 0.6) is 0 Å². The Bertz CT molecular complexity index is 851. The third-order valence-corrected chi connectivity index (χ3v) is 4.35. The van der Waals surface area contributed by atoms with Gasteiger partial charge in [0.1, 0.15) is 17.9 Å². The highest BCUT2D eigenvalue weighted by Crippen LogP contribution is 2.34. The summed E-state index contributed by atoms with van der Waals surface area (Å²) in [6, 6.07) is 9.77. The molecule has 1 aromatic carbocycles. The van der Waals surface area contributed by atoms with Crippen molar-refractivity contribution >= 4 is 24.0 Å². The van der Waals surface area contributed by atoms with Gasteiger partial charge < -0.3 is 14.6 Å². The zero-order valence-electron chi connectivity index (χ0n) is 13.6. The van der Waals surface area contributed by atoms with Crippen molar-refractivity contribution in [2.75, 3.05) is 13.1 Å². The standard InChI is InChI=1S/C18H18N4O2/c1-11(13-6-4-3-5-7-13)21-17(23)14-12(2)24-18-15(14)16-19-8-9-22(16)10-20-18/h3-7,10-11H,8-9H2,1-2H3,(H,21,23). The van der Waals surface area contributed by atoms with Crippen LogP contribution in [-0.4, -0.2) is 36.1 Å². The van der Waals surface area contributed by atoms with Crippen molar-refractivity contribution in [2.24, 2.45) is 9.98 Å². The molecule has 0 bridgehead atoms. The second-order valence-corrected chi connectivity index (χ2v) is 5.96. The molecule has 0 saturated heterocycles. The first-order valence-corrected chi connectivity index (χ1v) is 8.00. The van der Waals surface area contributed by atoms with E-state index in [1.165, 1.54) is 0 Å². The van der Waals surface area contributed by atoms with Gasteiger partial charge in [0.05, 0.1) is 23.7 Å². The fraction of sp³-hybridized carbons (Fsp3) is 0.278. The molecule has 2 aromatic rings. The Morgan fingerprint density at radius 2 is 2.12 bits per heavy atom. The number of amidine groups is 1. The minimum atomic E-state index is -0.166. The number of carbonyl (C=O) groups is 1. The zero-order chi connectivity index (χ0) is 16.7. The maximum absolute atomic E-state index is 12.9. The van der Waals surface area contributed by atoms with Crippen LogP contribution in [0.2, 0.25) is 0 Å². The van der Waals surface area contributed by atoms with E-state index >= 15 is 0 Å². The number of benzene rings is 1. The Morgan fingerprint density at radius 3 is 2.92 bits per heavy atom. The van der Waals surface area contributed by atoms with Gasteiger partial charge in [-0.25, -0.2) is 4.99 Å². The Morgan fingerprint density at radius 1 is 1.33 bits per heavy atom. The molecule has 6 heteroatoms. The number of amides is 1. The van der Waals surface area contributed by atoms with Crippen LogP contribution < -0.4 is 5.32 Å². The molecule has 24 heavy (non-hydrogen) atoms. The van der Waals surface area contributed by atoms with Gasteiger partial charge in [-0.1, -0.05) is 30.3 Å². The summed E-state index contributed by atoms with van der Waals surface area (Å²) in [6.07, 6.45) is 1.71. The highest BCUT2D eigenvalue weighted by molar-refractivity contribution is 6.17. The van der Waals surface area contributed by atoms with Crippen molar-refractivity contribution in [1.29, 1.82) is 0 Å². The summed E-state index contributed by atoms with van der Waals surface area (Å²) < 4.78 is 5.69. The van der Waals surface area contributed by atoms with Gasteiger partial charge in [-0.3, -0.25) is 9.79 Å². The molecule has 2 aliphatic heterocycles. The van der Waals surface area contributed by atoms with Gasteiger partial charge in [0.15, 0.2) is 0 Å². The molecule has 0 radical (unpaired) electrons. The number of furan rings is 1. The summed E-state index contributed by atoms with van der Waals surface area (Å²) in [5, 5.41) is 3.05. The van der Waals surface area contributed by atoms with Gasteiger partial charge in [0, 0.05) is 6.54 Å². The number of carbonyl (C=O) groups excluding carboxylic acids is 1. The molecule has 3 heterocycles. The van der Waals surface area contributed by atoms with Crippen LogP contribution in [-0.2, 0) is 0 Å². The second kappa shape index (κ2) is 5.63. The van der Waals surface area contributed by atoms with Crippen LogP contribution in [0.3, 0.4) is 0 Å². The summed E-state index contributed by atoms with van der Waals surface area (Å²) in [7, 11) is 0. The third-order valence-electron chi connectivity index (χ3n) is 4.35. The molecule has 0 spiro atoms. The Labute approximate surface area is 139 Å². The first-order valence-electron chi connectivity index (χ1n) is 8.00. The lowest BCUT2D eigenvalue weighted by molar-refractivity contribution is 0.0938. The third kappa shape index (κ3) is 2.31. The highest BCUT2D eigenvalue weighted by atomic mass is 16.4. The summed E-state index contributed by atoms with van der Waals surface area (Å²) in [6.45, 7) is 5.24. The Kier molecular flexibility index (Phi) is 3.45. The smallest absolute Gasteiger partial charge is 0.256 e. The molecule has 0 fully saturated rings. The van der Waals surface area contributed by atoms with Crippen molar-refractivity contribution in [3.63, 3.8) is 0 Å². The molecule has 1 N–H and O–H groups in total. The lowest BCUT2D eigenvalue weighted by Gasteiger charge is -2.19.